The maximum Gasteiger partial charge on any atom is 0.315 e. The van der Waals surface area contributed by atoms with Gasteiger partial charge in [-0.3, -0.25) is 4.98 Å². The summed E-state index contributed by atoms with van der Waals surface area (Å²) in [6.07, 6.45) is 1.70. The molecule has 0 aliphatic carbocycles. The number of fused-ring (bicyclic) bond motifs is 1. The fraction of sp³-hybridized carbons (Fsp3) is 0.294. The van der Waals surface area contributed by atoms with Gasteiger partial charge in [0.1, 0.15) is 13.2 Å². The van der Waals surface area contributed by atoms with Crippen molar-refractivity contribution in [1.82, 2.24) is 15.6 Å². The number of carbonyl (C=O) groups excluding carboxylic acids is 1. The van der Waals surface area contributed by atoms with E-state index in [9.17, 15) is 4.79 Å². The summed E-state index contributed by atoms with van der Waals surface area (Å²) < 4.78 is 11.1. The summed E-state index contributed by atoms with van der Waals surface area (Å²) >= 11 is 0. The molecule has 1 atom stereocenters. The van der Waals surface area contributed by atoms with E-state index < -0.39 is 0 Å². The third-order valence-electron chi connectivity index (χ3n) is 3.57. The highest BCUT2D eigenvalue weighted by Crippen LogP contribution is 2.32. The summed E-state index contributed by atoms with van der Waals surface area (Å²) in [5, 5.41) is 5.69. The number of benzene rings is 1. The Morgan fingerprint density at radius 2 is 2.04 bits per heavy atom. The molecule has 0 unspecified atom stereocenters. The SMILES string of the molecule is C[C@H](NC(=O)NCc1ccccn1)c1ccc2c(c1)OCCO2. The molecule has 0 bridgehead atoms. The zero-order valence-corrected chi connectivity index (χ0v) is 12.9. The number of aromatic nitrogens is 1. The van der Waals surface area contributed by atoms with E-state index in [0.29, 0.717) is 19.8 Å². The predicted molar refractivity (Wildman–Crippen MR) is 85.5 cm³/mol. The Labute approximate surface area is 134 Å². The smallest absolute Gasteiger partial charge is 0.315 e. The lowest BCUT2D eigenvalue weighted by Gasteiger charge is -2.21. The van der Waals surface area contributed by atoms with E-state index in [4.69, 9.17) is 9.47 Å². The first-order chi connectivity index (χ1) is 11.2. The molecule has 1 aliphatic rings. The van der Waals surface area contributed by atoms with E-state index in [1.165, 1.54) is 0 Å². The minimum absolute atomic E-state index is 0.144. The van der Waals surface area contributed by atoms with Gasteiger partial charge >= 0.3 is 6.03 Å². The highest BCUT2D eigenvalue weighted by molar-refractivity contribution is 5.74. The molecule has 0 spiro atoms. The van der Waals surface area contributed by atoms with Crippen molar-refractivity contribution in [1.29, 1.82) is 0 Å². The number of urea groups is 1. The number of nitrogens with one attached hydrogen (secondary N) is 2. The lowest BCUT2D eigenvalue weighted by Crippen LogP contribution is -2.36. The van der Waals surface area contributed by atoms with Crippen LogP contribution in [0.25, 0.3) is 0 Å². The van der Waals surface area contributed by atoms with E-state index in [2.05, 4.69) is 15.6 Å². The molecule has 2 heterocycles. The van der Waals surface area contributed by atoms with E-state index in [0.717, 1.165) is 22.8 Å². The first-order valence-electron chi connectivity index (χ1n) is 7.56. The number of amides is 2. The summed E-state index contributed by atoms with van der Waals surface area (Å²) in [7, 11) is 0. The molecule has 0 saturated heterocycles. The Hall–Kier alpha value is -2.76. The number of nitrogens with zero attached hydrogens (tertiary/aromatic N) is 1. The second kappa shape index (κ2) is 7.00. The Kier molecular flexibility index (Phi) is 4.61. The molecule has 2 amide bonds. The van der Waals surface area contributed by atoms with Crippen LogP contribution in [-0.4, -0.2) is 24.2 Å². The Bertz CT molecular complexity index is 676. The van der Waals surface area contributed by atoms with Crippen molar-refractivity contribution in [2.45, 2.75) is 19.5 Å². The number of pyridine rings is 1. The van der Waals surface area contributed by atoms with Gasteiger partial charge in [0.15, 0.2) is 11.5 Å². The fourth-order valence-corrected chi connectivity index (χ4v) is 2.33. The molecule has 1 aromatic carbocycles. The molecule has 0 saturated carbocycles. The van der Waals surface area contributed by atoms with Crippen molar-refractivity contribution < 1.29 is 14.3 Å². The van der Waals surface area contributed by atoms with E-state index in [-0.39, 0.29) is 12.1 Å². The summed E-state index contributed by atoms with van der Waals surface area (Å²) in [5.74, 6) is 1.46. The molecule has 3 rings (SSSR count). The van der Waals surface area contributed by atoms with Crippen LogP contribution < -0.4 is 20.1 Å². The van der Waals surface area contributed by atoms with Crippen LogP contribution in [0.1, 0.15) is 24.2 Å². The molecule has 6 nitrogen and oxygen atoms in total. The van der Waals surface area contributed by atoms with Crippen molar-refractivity contribution in [2.75, 3.05) is 13.2 Å². The average Bonchev–Trinajstić information content (AvgIpc) is 2.60. The van der Waals surface area contributed by atoms with Crippen molar-refractivity contribution in [3.63, 3.8) is 0 Å². The maximum atomic E-state index is 12.0. The maximum absolute atomic E-state index is 12.0. The second-order valence-electron chi connectivity index (χ2n) is 5.27. The van der Waals surface area contributed by atoms with Crippen LogP contribution in [0.3, 0.4) is 0 Å². The van der Waals surface area contributed by atoms with Crippen LogP contribution in [-0.2, 0) is 6.54 Å². The van der Waals surface area contributed by atoms with Crippen molar-refractivity contribution in [3.8, 4) is 11.5 Å². The number of rotatable bonds is 4. The van der Waals surface area contributed by atoms with Gasteiger partial charge in [-0.1, -0.05) is 12.1 Å². The van der Waals surface area contributed by atoms with E-state index in [1.807, 2.05) is 43.3 Å². The molecule has 6 heteroatoms. The summed E-state index contributed by atoms with van der Waals surface area (Å²) in [6, 6.07) is 10.9. The lowest BCUT2D eigenvalue weighted by molar-refractivity contribution is 0.171. The van der Waals surface area contributed by atoms with Gasteiger partial charge in [-0.2, -0.15) is 0 Å². The molecule has 1 aliphatic heterocycles. The van der Waals surface area contributed by atoms with Gasteiger partial charge in [-0.05, 0) is 36.8 Å². The molecule has 120 valence electrons. The van der Waals surface area contributed by atoms with Gasteiger partial charge in [0.25, 0.3) is 0 Å². The summed E-state index contributed by atoms with van der Waals surface area (Å²) in [4.78, 5) is 16.1. The average molecular weight is 313 g/mol. The zero-order valence-electron chi connectivity index (χ0n) is 12.9. The lowest BCUT2D eigenvalue weighted by atomic mass is 10.1. The van der Waals surface area contributed by atoms with Crippen LogP contribution in [0, 0.1) is 0 Å². The number of carbonyl (C=O) groups is 1. The fourth-order valence-electron chi connectivity index (χ4n) is 2.33. The first-order valence-corrected chi connectivity index (χ1v) is 7.56. The highest BCUT2D eigenvalue weighted by atomic mass is 16.6. The van der Waals surface area contributed by atoms with E-state index in [1.54, 1.807) is 6.20 Å². The third-order valence-corrected chi connectivity index (χ3v) is 3.57. The van der Waals surface area contributed by atoms with Gasteiger partial charge < -0.3 is 20.1 Å². The van der Waals surface area contributed by atoms with Gasteiger partial charge in [0.05, 0.1) is 18.3 Å². The molecular weight excluding hydrogens is 294 g/mol. The zero-order chi connectivity index (χ0) is 16.1. The van der Waals surface area contributed by atoms with Crippen LogP contribution >= 0.6 is 0 Å². The second-order valence-corrected chi connectivity index (χ2v) is 5.27. The molecule has 23 heavy (non-hydrogen) atoms. The van der Waals surface area contributed by atoms with Gasteiger partial charge in [-0.25, -0.2) is 4.79 Å². The van der Waals surface area contributed by atoms with Crippen molar-refractivity contribution >= 4 is 6.03 Å². The number of hydrogen-bond acceptors (Lipinski definition) is 4. The molecule has 0 fully saturated rings. The Morgan fingerprint density at radius 3 is 2.83 bits per heavy atom. The topological polar surface area (TPSA) is 72.5 Å². The largest absolute Gasteiger partial charge is 0.486 e. The Balaban J connectivity index is 1.56. The minimum Gasteiger partial charge on any atom is -0.486 e. The monoisotopic (exact) mass is 313 g/mol. The van der Waals surface area contributed by atoms with E-state index >= 15 is 0 Å². The molecule has 2 N–H and O–H groups in total. The van der Waals surface area contributed by atoms with Crippen LogP contribution in [0.2, 0.25) is 0 Å². The van der Waals surface area contributed by atoms with Gasteiger partial charge in [0.2, 0.25) is 0 Å². The quantitative estimate of drug-likeness (QED) is 0.909. The summed E-state index contributed by atoms with van der Waals surface area (Å²) in [5.41, 5.74) is 1.77. The highest BCUT2D eigenvalue weighted by Gasteiger charge is 2.15. The molecule has 1 aromatic heterocycles. The van der Waals surface area contributed by atoms with Gasteiger partial charge in [0, 0.05) is 6.20 Å². The molecular formula is C17H19N3O3. The van der Waals surface area contributed by atoms with Crippen LogP contribution in [0.4, 0.5) is 4.79 Å². The number of hydrogen-bond donors (Lipinski definition) is 2. The minimum atomic E-state index is -0.238. The predicted octanol–water partition coefficient (Wildman–Crippen LogP) is 2.41. The molecule has 0 radical (unpaired) electrons. The molecule has 2 aromatic rings. The van der Waals surface area contributed by atoms with Crippen LogP contribution in [0.5, 0.6) is 11.5 Å². The standard InChI is InChI=1S/C17H19N3O3/c1-12(13-5-6-15-16(10-13)23-9-8-22-15)20-17(21)19-11-14-4-2-3-7-18-14/h2-7,10,12H,8-9,11H2,1H3,(H2,19,20,21)/t12-/m0/s1. The van der Waals surface area contributed by atoms with Crippen LogP contribution in [0.15, 0.2) is 42.6 Å². The van der Waals surface area contributed by atoms with Crippen molar-refractivity contribution in [2.24, 2.45) is 0 Å². The third kappa shape index (κ3) is 3.91. The van der Waals surface area contributed by atoms with Crippen molar-refractivity contribution in [3.05, 3.63) is 53.9 Å². The first kappa shape index (κ1) is 15.1. The number of ether oxygens (including phenoxy) is 2. The Morgan fingerprint density at radius 1 is 1.22 bits per heavy atom. The summed E-state index contributed by atoms with van der Waals surface area (Å²) in [6.45, 7) is 3.42. The normalized spacial score (nSPS) is 14.0. The van der Waals surface area contributed by atoms with Gasteiger partial charge in [-0.15, -0.1) is 0 Å².